The van der Waals surface area contributed by atoms with E-state index in [-0.39, 0.29) is 23.2 Å². The topological polar surface area (TPSA) is 6.48 Å². The second-order valence-corrected chi connectivity index (χ2v) is 17.8. The fourth-order valence-corrected chi connectivity index (χ4v) is 11.9. The number of nitrogens with zero attached hydrogens (tertiary/aromatic N) is 2. The molecule has 6 aromatic carbocycles. The second kappa shape index (κ2) is 11.3. The van der Waals surface area contributed by atoms with Crippen molar-refractivity contribution in [1.82, 2.24) is 0 Å². The third-order valence-corrected chi connectivity index (χ3v) is 14.7. The number of hydrogen-bond donors (Lipinski definition) is 0. The molecule has 2 atom stereocenters. The van der Waals surface area contributed by atoms with Crippen LogP contribution < -0.4 is 20.6 Å². The minimum absolute atomic E-state index is 0.0221. The summed E-state index contributed by atoms with van der Waals surface area (Å²) in [5, 5.41) is 0. The highest BCUT2D eigenvalue weighted by Gasteiger charge is 2.62. The molecular weight excluding hydrogens is 651 g/mol. The van der Waals surface area contributed by atoms with Crippen molar-refractivity contribution in [3.8, 4) is 33.4 Å². The van der Waals surface area contributed by atoms with Crippen molar-refractivity contribution in [2.45, 2.75) is 95.9 Å². The van der Waals surface area contributed by atoms with Gasteiger partial charge in [-0.05, 0) is 124 Å². The molecule has 0 aromatic heterocycles. The van der Waals surface area contributed by atoms with Gasteiger partial charge < -0.3 is 9.71 Å². The highest BCUT2D eigenvalue weighted by atomic mass is 15.3. The second-order valence-electron chi connectivity index (χ2n) is 17.8. The summed E-state index contributed by atoms with van der Waals surface area (Å²) in [4.78, 5) is 5.64. The predicted molar refractivity (Wildman–Crippen MR) is 230 cm³/mol. The summed E-state index contributed by atoms with van der Waals surface area (Å²) < 4.78 is 0. The Balaban J connectivity index is 1.31. The summed E-state index contributed by atoms with van der Waals surface area (Å²) in [6.45, 7) is 12.5. The van der Waals surface area contributed by atoms with Crippen LogP contribution in [0.3, 0.4) is 0 Å². The number of benzene rings is 6. The molecule has 3 heterocycles. The summed E-state index contributed by atoms with van der Waals surface area (Å²) in [7, 11) is 0. The van der Waals surface area contributed by atoms with Crippen LogP contribution in [0.25, 0.3) is 33.4 Å². The molecule has 0 amide bonds. The van der Waals surface area contributed by atoms with Crippen LogP contribution in [0.5, 0.6) is 0 Å². The first-order chi connectivity index (χ1) is 26.3. The minimum atomic E-state index is -0.156. The van der Waals surface area contributed by atoms with Gasteiger partial charge in [-0.25, -0.2) is 0 Å². The fraction of sp³-hybridized carbons (Fsp3) is 0.294. The number of rotatable bonds is 5. The monoisotopic (exact) mass is 700 g/mol. The molecular formula is C51H49BN2. The Kier molecular flexibility index (Phi) is 6.76. The van der Waals surface area contributed by atoms with E-state index in [1.807, 2.05) is 0 Å². The molecule has 2 unspecified atom stereocenters. The molecule has 0 bridgehead atoms. The Bertz CT molecular complexity index is 2520. The van der Waals surface area contributed by atoms with Crippen LogP contribution in [-0.4, -0.2) is 12.4 Å². The Labute approximate surface area is 322 Å². The maximum atomic E-state index is 2.90. The minimum Gasteiger partial charge on any atom is -0.376 e. The largest absolute Gasteiger partial charge is 0.376 e. The van der Waals surface area contributed by atoms with Gasteiger partial charge in [-0.1, -0.05) is 138 Å². The smallest absolute Gasteiger partial charge is 0.333 e. The fourth-order valence-electron chi connectivity index (χ4n) is 11.9. The molecule has 3 aliphatic heterocycles. The molecule has 0 N–H and O–H groups in total. The van der Waals surface area contributed by atoms with Crippen molar-refractivity contribution >= 4 is 40.5 Å². The summed E-state index contributed by atoms with van der Waals surface area (Å²) in [6.07, 6.45) is 8.56. The van der Waals surface area contributed by atoms with E-state index in [1.165, 1.54) is 122 Å². The normalized spacial score (nSPS) is 21.9. The van der Waals surface area contributed by atoms with E-state index < -0.39 is 0 Å². The summed E-state index contributed by atoms with van der Waals surface area (Å²) in [6, 6.07) is 47.0. The maximum Gasteiger partial charge on any atom is 0.333 e. The molecule has 2 nitrogen and oxygen atoms in total. The van der Waals surface area contributed by atoms with Crippen LogP contribution >= 0.6 is 0 Å². The van der Waals surface area contributed by atoms with Crippen LogP contribution in [0.15, 0.2) is 121 Å². The van der Waals surface area contributed by atoms with Gasteiger partial charge >= 0.3 is 6.85 Å². The standard InChI is InChI=1S/C51H49BN2/c1-6-7-18-33-29-41-48-42(30-33)52-47-39(31-35(34-19-10-8-11-20-34)32-44(47)53(48)51(5)28-17-16-27-50(41,51)4)45-43(54(52)36-21-12-9-13-22-36)26-25-38-37-23-14-15-24-40(37)49(2,3)46(38)45/h8-15,19-26,29-32H,6-7,16-18,27-28H2,1-5H3. The summed E-state index contributed by atoms with van der Waals surface area (Å²) in [5.74, 6) is 0. The van der Waals surface area contributed by atoms with Gasteiger partial charge in [-0.3, -0.25) is 0 Å². The van der Waals surface area contributed by atoms with E-state index in [2.05, 4.69) is 166 Å². The van der Waals surface area contributed by atoms with Crippen molar-refractivity contribution in [1.29, 1.82) is 0 Å². The number of fused-ring (bicyclic) bond motifs is 11. The molecule has 0 spiro atoms. The van der Waals surface area contributed by atoms with Crippen LogP contribution in [0.2, 0.25) is 0 Å². The van der Waals surface area contributed by atoms with Crippen LogP contribution in [0.4, 0.5) is 22.7 Å². The highest BCUT2D eigenvalue weighted by molar-refractivity contribution is 6.93. The lowest BCUT2D eigenvalue weighted by molar-refractivity contribution is 0.195. The van der Waals surface area contributed by atoms with E-state index in [9.17, 15) is 0 Å². The van der Waals surface area contributed by atoms with Crippen LogP contribution in [0.1, 0.15) is 95.4 Å². The lowest BCUT2D eigenvalue weighted by atomic mass is 9.42. The van der Waals surface area contributed by atoms with E-state index in [1.54, 1.807) is 5.56 Å². The molecule has 0 radical (unpaired) electrons. The highest BCUT2D eigenvalue weighted by Crippen LogP contribution is 2.63. The zero-order valence-electron chi connectivity index (χ0n) is 32.5. The molecule has 266 valence electrons. The van der Waals surface area contributed by atoms with Gasteiger partial charge in [0, 0.05) is 39.1 Å². The molecule has 54 heavy (non-hydrogen) atoms. The zero-order chi connectivity index (χ0) is 36.6. The molecule has 5 aliphatic rings. The van der Waals surface area contributed by atoms with Gasteiger partial charge in [0.2, 0.25) is 0 Å². The average molecular weight is 701 g/mol. The predicted octanol–water partition coefficient (Wildman–Crippen LogP) is 12.0. The third kappa shape index (κ3) is 4.03. The molecule has 6 aromatic rings. The SMILES string of the molecule is CCCCc1cc2c3c(c1)C1(C)CCCCC1(C)N3c1cc(-c3ccccc3)cc3c1B2N(c1ccccc1)c1ccc2c(c1-3)C(C)(C)c1ccccc1-2. The Hall–Kier alpha value is -5.02. The first-order valence-corrected chi connectivity index (χ1v) is 20.6. The van der Waals surface area contributed by atoms with Gasteiger partial charge in [0.05, 0.1) is 5.54 Å². The van der Waals surface area contributed by atoms with E-state index in [4.69, 9.17) is 0 Å². The number of unbranched alkanes of at least 4 members (excludes halogenated alkanes) is 1. The zero-order valence-corrected chi connectivity index (χ0v) is 32.5. The lowest BCUT2D eigenvalue weighted by Gasteiger charge is -2.53. The van der Waals surface area contributed by atoms with Crippen LogP contribution in [-0.2, 0) is 17.3 Å². The Morgan fingerprint density at radius 3 is 2.19 bits per heavy atom. The number of hydrogen-bond acceptors (Lipinski definition) is 2. The van der Waals surface area contributed by atoms with Crippen molar-refractivity contribution in [2.24, 2.45) is 0 Å². The van der Waals surface area contributed by atoms with E-state index in [0.717, 1.165) is 6.42 Å². The molecule has 1 fully saturated rings. The number of para-hydroxylation sites is 1. The summed E-state index contributed by atoms with van der Waals surface area (Å²) >= 11 is 0. The maximum absolute atomic E-state index is 2.90. The molecule has 1 saturated carbocycles. The lowest BCUT2D eigenvalue weighted by Crippen LogP contribution is -2.64. The van der Waals surface area contributed by atoms with Crippen molar-refractivity contribution < 1.29 is 0 Å². The quantitative estimate of drug-likeness (QED) is 0.165. The molecule has 0 saturated heterocycles. The first kappa shape index (κ1) is 32.4. The van der Waals surface area contributed by atoms with Gasteiger partial charge in [0.15, 0.2) is 0 Å². The Morgan fingerprint density at radius 1 is 0.648 bits per heavy atom. The number of aryl methyl sites for hydroxylation is 1. The van der Waals surface area contributed by atoms with Gasteiger partial charge in [0.1, 0.15) is 0 Å². The van der Waals surface area contributed by atoms with Gasteiger partial charge in [0.25, 0.3) is 0 Å². The molecule has 11 rings (SSSR count). The van der Waals surface area contributed by atoms with Crippen molar-refractivity contribution in [3.63, 3.8) is 0 Å². The first-order valence-electron chi connectivity index (χ1n) is 20.6. The Morgan fingerprint density at radius 2 is 1.39 bits per heavy atom. The van der Waals surface area contributed by atoms with Crippen molar-refractivity contribution in [2.75, 3.05) is 9.71 Å². The van der Waals surface area contributed by atoms with E-state index in [0.29, 0.717) is 0 Å². The van der Waals surface area contributed by atoms with Crippen LogP contribution in [0, 0.1) is 0 Å². The molecule has 3 heteroatoms. The third-order valence-electron chi connectivity index (χ3n) is 14.7. The summed E-state index contributed by atoms with van der Waals surface area (Å²) in [5.41, 5.74) is 22.5. The van der Waals surface area contributed by atoms with Gasteiger partial charge in [-0.15, -0.1) is 0 Å². The number of anilines is 4. The molecule has 2 aliphatic carbocycles. The van der Waals surface area contributed by atoms with Crippen molar-refractivity contribution in [3.05, 3.63) is 144 Å². The average Bonchev–Trinajstić information content (AvgIpc) is 3.57. The van der Waals surface area contributed by atoms with Gasteiger partial charge in [-0.2, -0.15) is 0 Å². The van der Waals surface area contributed by atoms with E-state index >= 15 is 0 Å².